The van der Waals surface area contributed by atoms with Gasteiger partial charge in [0.2, 0.25) is 0 Å². The van der Waals surface area contributed by atoms with Gasteiger partial charge in [0.25, 0.3) is 0 Å². The summed E-state index contributed by atoms with van der Waals surface area (Å²) in [6, 6.07) is 10.7. The van der Waals surface area contributed by atoms with Gasteiger partial charge in [-0.2, -0.15) is 4.68 Å². The Bertz CT molecular complexity index is 796. The molecule has 2 aromatic carbocycles. The smallest absolute Gasteiger partial charge is 0.188 e. The van der Waals surface area contributed by atoms with Crippen molar-refractivity contribution in [2.75, 3.05) is 5.73 Å². The van der Waals surface area contributed by atoms with E-state index in [4.69, 9.17) is 28.9 Å². The standard InChI is InChI=1S/C14H11Cl2N5/c1-8-11(15)3-2-4-13(8)21-14(18-19-20-21)10-7-9(17)5-6-12(10)16/h2-7H,17H2,1H3. The largest absolute Gasteiger partial charge is 0.399 e. The van der Waals surface area contributed by atoms with E-state index < -0.39 is 0 Å². The lowest BCUT2D eigenvalue weighted by Crippen LogP contribution is -2.03. The molecule has 7 heteroatoms. The van der Waals surface area contributed by atoms with Crippen LogP contribution in [0.15, 0.2) is 36.4 Å². The number of hydrogen-bond donors (Lipinski definition) is 1. The molecule has 0 spiro atoms. The third-order valence-electron chi connectivity index (χ3n) is 3.17. The van der Waals surface area contributed by atoms with Gasteiger partial charge in [-0.1, -0.05) is 29.3 Å². The highest BCUT2D eigenvalue weighted by Gasteiger charge is 2.16. The first-order valence-electron chi connectivity index (χ1n) is 6.17. The Morgan fingerprint density at radius 3 is 2.71 bits per heavy atom. The zero-order valence-corrected chi connectivity index (χ0v) is 12.6. The molecule has 0 saturated carbocycles. The van der Waals surface area contributed by atoms with E-state index in [2.05, 4.69) is 15.5 Å². The van der Waals surface area contributed by atoms with E-state index in [9.17, 15) is 0 Å². The molecule has 0 fully saturated rings. The van der Waals surface area contributed by atoms with Crippen LogP contribution in [0.1, 0.15) is 5.56 Å². The van der Waals surface area contributed by atoms with Crippen LogP contribution in [-0.2, 0) is 0 Å². The van der Waals surface area contributed by atoms with Gasteiger partial charge >= 0.3 is 0 Å². The van der Waals surface area contributed by atoms with Crippen LogP contribution in [0.3, 0.4) is 0 Å². The quantitative estimate of drug-likeness (QED) is 0.733. The van der Waals surface area contributed by atoms with Gasteiger partial charge in [0.1, 0.15) is 0 Å². The normalized spacial score (nSPS) is 10.8. The fourth-order valence-electron chi connectivity index (χ4n) is 2.06. The molecule has 3 aromatic rings. The molecule has 0 bridgehead atoms. The first-order chi connectivity index (χ1) is 10.1. The molecular weight excluding hydrogens is 309 g/mol. The molecule has 0 aliphatic carbocycles. The van der Waals surface area contributed by atoms with Gasteiger partial charge < -0.3 is 5.73 Å². The predicted octanol–water partition coefficient (Wildman–Crippen LogP) is 3.53. The van der Waals surface area contributed by atoms with E-state index >= 15 is 0 Å². The summed E-state index contributed by atoms with van der Waals surface area (Å²) >= 11 is 12.4. The lowest BCUT2D eigenvalue weighted by atomic mass is 10.1. The summed E-state index contributed by atoms with van der Waals surface area (Å²) in [5.41, 5.74) is 8.75. The van der Waals surface area contributed by atoms with E-state index in [0.717, 1.165) is 11.3 Å². The van der Waals surface area contributed by atoms with Gasteiger partial charge in [-0.25, -0.2) is 0 Å². The summed E-state index contributed by atoms with van der Waals surface area (Å²) in [5.74, 6) is 0.512. The Balaban J connectivity index is 2.22. The van der Waals surface area contributed by atoms with Crippen molar-refractivity contribution in [2.24, 2.45) is 0 Å². The molecule has 2 N–H and O–H groups in total. The summed E-state index contributed by atoms with van der Waals surface area (Å²) in [7, 11) is 0. The highest BCUT2D eigenvalue weighted by atomic mass is 35.5. The molecule has 0 amide bonds. The molecule has 106 valence electrons. The maximum Gasteiger partial charge on any atom is 0.188 e. The number of tetrazole rings is 1. The molecule has 0 atom stereocenters. The van der Waals surface area contributed by atoms with Gasteiger partial charge in [0.05, 0.1) is 10.7 Å². The van der Waals surface area contributed by atoms with E-state index in [0.29, 0.717) is 27.1 Å². The Labute approximate surface area is 131 Å². The van der Waals surface area contributed by atoms with Crippen molar-refractivity contribution in [3.63, 3.8) is 0 Å². The minimum Gasteiger partial charge on any atom is -0.399 e. The molecule has 3 rings (SSSR count). The Hall–Kier alpha value is -2.11. The molecule has 0 unspecified atom stereocenters. The molecule has 21 heavy (non-hydrogen) atoms. The summed E-state index contributed by atoms with van der Waals surface area (Å²) in [4.78, 5) is 0. The molecule has 0 saturated heterocycles. The number of anilines is 1. The Morgan fingerprint density at radius 2 is 1.90 bits per heavy atom. The average Bonchev–Trinajstić information content (AvgIpc) is 2.93. The lowest BCUT2D eigenvalue weighted by molar-refractivity contribution is 0.787. The fourth-order valence-corrected chi connectivity index (χ4v) is 2.43. The van der Waals surface area contributed by atoms with Crippen LogP contribution in [0, 0.1) is 6.92 Å². The van der Waals surface area contributed by atoms with Crippen molar-refractivity contribution in [3.8, 4) is 17.1 Å². The molecular formula is C14H11Cl2N5. The van der Waals surface area contributed by atoms with E-state index in [1.165, 1.54) is 0 Å². The first-order valence-corrected chi connectivity index (χ1v) is 6.93. The van der Waals surface area contributed by atoms with Gasteiger partial charge in [0, 0.05) is 16.3 Å². The van der Waals surface area contributed by atoms with E-state index in [1.54, 1.807) is 22.9 Å². The van der Waals surface area contributed by atoms with Crippen molar-refractivity contribution >= 4 is 28.9 Å². The second-order valence-electron chi connectivity index (χ2n) is 4.54. The average molecular weight is 320 g/mol. The van der Waals surface area contributed by atoms with Crippen LogP contribution in [0.4, 0.5) is 5.69 Å². The molecule has 5 nitrogen and oxygen atoms in total. The molecule has 1 heterocycles. The highest BCUT2D eigenvalue weighted by Crippen LogP contribution is 2.30. The van der Waals surface area contributed by atoms with Crippen molar-refractivity contribution in [2.45, 2.75) is 6.92 Å². The van der Waals surface area contributed by atoms with Crippen molar-refractivity contribution in [3.05, 3.63) is 52.0 Å². The maximum atomic E-state index is 6.23. The van der Waals surface area contributed by atoms with Crippen LogP contribution in [0.2, 0.25) is 10.0 Å². The highest BCUT2D eigenvalue weighted by molar-refractivity contribution is 6.33. The molecule has 0 aliphatic rings. The zero-order valence-electron chi connectivity index (χ0n) is 11.1. The molecule has 0 aliphatic heterocycles. The Kier molecular flexibility index (Phi) is 3.53. The van der Waals surface area contributed by atoms with Crippen molar-refractivity contribution in [1.29, 1.82) is 0 Å². The topological polar surface area (TPSA) is 69.6 Å². The molecule has 0 radical (unpaired) electrons. The first kappa shape index (κ1) is 13.9. The summed E-state index contributed by atoms with van der Waals surface area (Å²) in [5, 5.41) is 13.0. The second kappa shape index (κ2) is 5.35. The predicted molar refractivity (Wildman–Crippen MR) is 83.8 cm³/mol. The summed E-state index contributed by atoms with van der Waals surface area (Å²) in [6.07, 6.45) is 0. The lowest BCUT2D eigenvalue weighted by Gasteiger charge is -2.10. The number of benzene rings is 2. The van der Waals surface area contributed by atoms with Crippen LogP contribution >= 0.6 is 23.2 Å². The fraction of sp³-hybridized carbons (Fsp3) is 0.0714. The van der Waals surface area contributed by atoms with Crippen LogP contribution in [0.5, 0.6) is 0 Å². The monoisotopic (exact) mass is 319 g/mol. The third kappa shape index (κ3) is 2.46. The number of nitrogens with zero attached hydrogens (tertiary/aromatic N) is 4. The van der Waals surface area contributed by atoms with E-state index in [1.807, 2.05) is 25.1 Å². The molecule has 1 aromatic heterocycles. The minimum absolute atomic E-state index is 0.512. The Morgan fingerprint density at radius 1 is 1.10 bits per heavy atom. The van der Waals surface area contributed by atoms with Crippen LogP contribution in [-0.4, -0.2) is 20.2 Å². The van der Waals surface area contributed by atoms with E-state index in [-0.39, 0.29) is 0 Å². The van der Waals surface area contributed by atoms with Crippen LogP contribution < -0.4 is 5.73 Å². The van der Waals surface area contributed by atoms with Crippen molar-refractivity contribution in [1.82, 2.24) is 20.2 Å². The van der Waals surface area contributed by atoms with Gasteiger partial charge in [-0.05, 0) is 53.2 Å². The van der Waals surface area contributed by atoms with Gasteiger partial charge in [-0.3, -0.25) is 0 Å². The number of aromatic nitrogens is 4. The minimum atomic E-state index is 0.512. The third-order valence-corrected chi connectivity index (χ3v) is 3.91. The summed E-state index contributed by atoms with van der Waals surface area (Å²) in [6.45, 7) is 1.91. The van der Waals surface area contributed by atoms with Crippen LogP contribution in [0.25, 0.3) is 17.1 Å². The SMILES string of the molecule is Cc1c(Cl)cccc1-n1nnnc1-c1cc(N)ccc1Cl. The number of nitrogens with two attached hydrogens (primary N) is 1. The van der Waals surface area contributed by atoms with Gasteiger partial charge in [-0.15, -0.1) is 5.10 Å². The maximum absolute atomic E-state index is 6.23. The zero-order chi connectivity index (χ0) is 15.0. The summed E-state index contributed by atoms with van der Waals surface area (Å²) < 4.78 is 1.60. The number of halogens is 2. The number of hydrogen-bond acceptors (Lipinski definition) is 4. The van der Waals surface area contributed by atoms with Gasteiger partial charge in [0.15, 0.2) is 5.82 Å². The number of nitrogen functional groups attached to an aromatic ring is 1. The number of rotatable bonds is 2. The second-order valence-corrected chi connectivity index (χ2v) is 5.35. The van der Waals surface area contributed by atoms with Crippen molar-refractivity contribution < 1.29 is 0 Å².